The van der Waals surface area contributed by atoms with E-state index in [0.717, 1.165) is 11.3 Å². The largest absolute Gasteiger partial charge is 0.450 e. The first-order valence-corrected chi connectivity index (χ1v) is 9.99. The van der Waals surface area contributed by atoms with Crippen molar-refractivity contribution in [3.63, 3.8) is 0 Å². The van der Waals surface area contributed by atoms with Gasteiger partial charge in [-0.15, -0.1) is 0 Å². The molecule has 3 heterocycles. The first-order chi connectivity index (χ1) is 13.7. The van der Waals surface area contributed by atoms with Crippen LogP contribution < -0.4 is 4.90 Å². The van der Waals surface area contributed by atoms with E-state index in [4.69, 9.17) is 25.8 Å². The van der Waals surface area contributed by atoms with E-state index in [1.54, 1.807) is 13.0 Å². The third-order valence-corrected chi connectivity index (χ3v) is 5.94. The second kappa shape index (κ2) is 6.79. The molecular formula is C20H23ClN2O6. The van der Waals surface area contributed by atoms with Crippen molar-refractivity contribution in [3.05, 3.63) is 28.8 Å². The van der Waals surface area contributed by atoms with Gasteiger partial charge in [-0.1, -0.05) is 17.7 Å². The maximum Gasteiger partial charge on any atom is 0.409 e. The zero-order valence-corrected chi connectivity index (χ0v) is 17.3. The molecule has 0 radical (unpaired) electrons. The number of amides is 1. The predicted molar refractivity (Wildman–Crippen MR) is 104 cm³/mol. The molecular weight excluding hydrogens is 400 g/mol. The van der Waals surface area contributed by atoms with E-state index in [9.17, 15) is 14.4 Å². The Labute approximate surface area is 173 Å². The predicted octanol–water partition coefficient (Wildman–Crippen LogP) is 2.37. The second-order valence-corrected chi connectivity index (χ2v) is 8.39. The average molecular weight is 423 g/mol. The van der Waals surface area contributed by atoms with E-state index in [-0.39, 0.29) is 19.6 Å². The molecule has 0 saturated carbocycles. The number of carbonyl (C=O) groups is 3. The van der Waals surface area contributed by atoms with Crippen molar-refractivity contribution in [1.82, 2.24) is 4.90 Å². The number of carbonyl (C=O) groups excluding carboxylic acids is 3. The summed E-state index contributed by atoms with van der Waals surface area (Å²) in [5.74, 6) is -2.61. The highest BCUT2D eigenvalue weighted by Crippen LogP contribution is 2.48. The summed E-state index contributed by atoms with van der Waals surface area (Å²) in [4.78, 5) is 42.3. The van der Waals surface area contributed by atoms with Gasteiger partial charge in [-0.05, 0) is 24.6 Å². The molecule has 1 spiro atoms. The van der Waals surface area contributed by atoms with Crippen LogP contribution in [0.25, 0.3) is 0 Å². The molecule has 1 aromatic rings. The molecule has 0 unspecified atom stereocenters. The molecule has 8 nitrogen and oxygen atoms in total. The summed E-state index contributed by atoms with van der Waals surface area (Å²) >= 11 is 6.21. The number of halogens is 1. The van der Waals surface area contributed by atoms with Crippen molar-refractivity contribution in [2.75, 3.05) is 31.1 Å². The molecule has 0 bridgehead atoms. The van der Waals surface area contributed by atoms with E-state index < -0.39 is 35.3 Å². The first kappa shape index (κ1) is 19.8. The lowest BCUT2D eigenvalue weighted by Crippen LogP contribution is -2.71. The van der Waals surface area contributed by atoms with Crippen molar-refractivity contribution in [2.24, 2.45) is 5.41 Å². The number of nitrogens with zero attached hydrogens (tertiary/aromatic N) is 2. The molecule has 0 aliphatic carbocycles. The molecule has 9 heteroatoms. The summed E-state index contributed by atoms with van der Waals surface area (Å²) in [7, 11) is 0. The fourth-order valence-corrected chi connectivity index (χ4v) is 4.56. The summed E-state index contributed by atoms with van der Waals surface area (Å²) < 4.78 is 16.1. The van der Waals surface area contributed by atoms with Crippen molar-refractivity contribution >= 4 is 35.3 Å². The van der Waals surface area contributed by atoms with Crippen LogP contribution >= 0.6 is 11.6 Å². The van der Waals surface area contributed by atoms with E-state index >= 15 is 0 Å². The van der Waals surface area contributed by atoms with E-state index in [0.29, 0.717) is 18.1 Å². The van der Waals surface area contributed by atoms with Crippen LogP contribution in [0.5, 0.6) is 0 Å². The van der Waals surface area contributed by atoms with Gasteiger partial charge in [-0.25, -0.2) is 4.79 Å². The van der Waals surface area contributed by atoms with Gasteiger partial charge in [0.05, 0.1) is 12.6 Å². The number of hydrogen-bond donors (Lipinski definition) is 0. The lowest BCUT2D eigenvalue weighted by atomic mass is 9.69. The molecule has 2 fully saturated rings. The normalized spacial score (nSPS) is 24.3. The highest BCUT2D eigenvalue weighted by molar-refractivity contribution is 6.31. The number of cyclic esters (lactones) is 2. The minimum atomic E-state index is -1.57. The Kier molecular flexibility index (Phi) is 4.64. The first-order valence-electron chi connectivity index (χ1n) is 9.61. The van der Waals surface area contributed by atoms with Crippen LogP contribution in [0.3, 0.4) is 0 Å². The van der Waals surface area contributed by atoms with E-state index in [2.05, 4.69) is 0 Å². The molecule has 29 heavy (non-hydrogen) atoms. The summed E-state index contributed by atoms with van der Waals surface area (Å²) in [6, 6.07) is 4.71. The fraction of sp³-hybridized carbons (Fsp3) is 0.550. The number of esters is 2. The number of hydrogen-bond acceptors (Lipinski definition) is 7. The van der Waals surface area contributed by atoms with Gasteiger partial charge in [-0.2, -0.15) is 0 Å². The second-order valence-electron chi connectivity index (χ2n) is 7.95. The van der Waals surface area contributed by atoms with Gasteiger partial charge in [0.25, 0.3) is 5.79 Å². The minimum absolute atomic E-state index is 0.116. The highest BCUT2D eigenvalue weighted by Gasteiger charge is 2.65. The summed E-state index contributed by atoms with van der Waals surface area (Å²) in [6.07, 6.45) is -0.359. The van der Waals surface area contributed by atoms with Gasteiger partial charge in [0.1, 0.15) is 0 Å². The zero-order chi connectivity index (χ0) is 21.0. The molecule has 1 atom stereocenters. The number of piperazine rings is 1. The molecule has 0 N–H and O–H groups in total. The molecule has 0 aromatic heterocycles. The summed E-state index contributed by atoms with van der Waals surface area (Å²) in [5, 5.41) is 0.557. The average Bonchev–Trinajstić information content (AvgIpc) is 2.65. The van der Waals surface area contributed by atoms with Crippen LogP contribution in [0.15, 0.2) is 18.2 Å². The van der Waals surface area contributed by atoms with Crippen molar-refractivity contribution in [3.8, 4) is 0 Å². The molecule has 2 saturated heterocycles. The quantitative estimate of drug-likeness (QED) is 0.507. The SMILES string of the molecule is CCOC(=O)N1CCN2c3cc(Cl)ccc3CC3(C(=O)OC(C)(C)OC3=O)[C@@H]2C1. The molecule has 1 amide bonds. The van der Waals surface area contributed by atoms with Gasteiger partial charge in [-0.3, -0.25) is 9.59 Å². The van der Waals surface area contributed by atoms with E-state index in [1.807, 2.05) is 17.0 Å². The summed E-state index contributed by atoms with van der Waals surface area (Å²) in [6.45, 7) is 5.97. The highest BCUT2D eigenvalue weighted by atomic mass is 35.5. The number of ether oxygens (including phenoxy) is 3. The maximum atomic E-state index is 13.2. The number of anilines is 1. The van der Waals surface area contributed by atoms with Crippen LogP contribution in [-0.4, -0.2) is 61.0 Å². The Hall–Kier alpha value is -2.48. The third kappa shape index (κ3) is 3.10. The van der Waals surface area contributed by atoms with Crippen molar-refractivity contribution in [2.45, 2.75) is 39.0 Å². The molecule has 3 aliphatic rings. The van der Waals surface area contributed by atoms with Crippen LogP contribution in [0, 0.1) is 5.41 Å². The Morgan fingerprint density at radius 1 is 1.24 bits per heavy atom. The third-order valence-electron chi connectivity index (χ3n) is 5.71. The zero-order valence-electron chi connectivity index (χ0n) is 16.6. The van der Waals surface area contributed by atoms with Crippen molar-refractivity contribution < 1.29 is 28.6 Å². The number of rotatable bonds is 1. The monoisotopic (exact) mass is 422 g/mol. The fourth-order valence-electron chi connectivity index (χ4n) is 4.39. The van der Waals surface area contributed by atoms with E-state index in [1.165, 1.54) is 18.7 Å². The topological polar surface area (TPSA) is 85.4 Å². The Morgan fingerprint density at radius 3 is 2.59 bits per heavy atom. The lowest BCUT2D eigenvalue weighted by Gasteiger charge is -2.54. The summed E-state index contributed by atoms with van der Waals surface area (Å²) in [5.41, 5.74) is 0.0903. The van der Waals surface area contributed by atoms with Gasteiger partial charge in [0, 0.05) is 50.6 Å². The lowest BCUT2D eigenvalue weighted by molar-refractivity contribution is -0.253. The Morgan fingerprint density at radius 2 is 1.93 bits per heavy atom. The number of benzene rings is 1. The van der Waals surface area contributed by atoms with Crippen LogP contribution in [0.1, 0.15) is 26.3 Å². The van der Waals surface area contributed by atoms with Crippen LogP contribution in [-0.2, 0) is 30.2 Å². The molecule has 1 aromatic carbocycles. The van der Waals surface area contributed by atoms with Gasteiger partial charge < -0.3 is 24.0 Å². The Balaban J connectivity index is 1.80. The van der Waals surface area contributed by atoms with Crippen LogP contribution in [0.2, 0.25) is 5.02 Å². The van der Waals surface area contributed by atoms with Gasteiger partial charge >= 0.3 is 18.0 Å². The minimum Gasteiger partial charge on any atom is -0.450 e. The Bertz CT molecular complexity index is 866. The molecule has 4 rings (SSSR count). The number of fused-ring (bicyclic) bond motifs is 4. The molecule has 3 aliphatic heterocycles. The smallest absolute Gasteiger partial charge is 0.409 e. The van der Waals surface area contributed by atoms with Crippen molar-refractivity contribution in [1.29, 1.82) is 0 Å². The maximum absolute atomic E-state index is 13.2. The molecule has 156 valence electrons. The van der Waals surface area contributed by atoms with Gasteiger partial charge in [0.15, 0.2) is 5.41 Å². The standard InChI is InChI=1S/C20H23ClN2O6/c1-4-27-18(26)22-7-8-23-14-9-13(21)6-5-12(14)10-20(15(23)11-22)16(24)28-19(2,3)29-17(20)25/h5-6,9,15H,4,7-8,10-11H2,1-3H3/t15-/m0/s1. The van der Waals surface area contributed by atoms with Gasteiger partial charge in [0.2, 0.25) is 0 Å². The van der Waals surface area contributed by atoms with Crippen LogP contribution in [0.4, 0.5) is 10.5 Å².